The molecule has 0 spiro atoms. The normalized spacial score (nSPS) is 14.2. The SMILES string of the molecule is CC/C=C/C=C/C=C\C=C/CCCCCC(=O)OC(CCCC/C=C/C/C=C/C/C=C/CC)CC(=O)NC(CO)C(O)CCCCCCCCCCCC. The predicted octanol–water partition coefficient (Wildman–Crippen LogP) is 12.4. The molecule has 6 heteroatoms. The first-order valence-electron chi connectivity index (χ1n) is 21.9. The van der Waals surface area contributed by atoms with Gasteiger partial charge in [-0.1, -0.05) is 176 Å². The van der Waals surface area contributed by atoms with Crippen LogP contribution in [0, 0.1) is 0 Å². The van der Waals surface area contributed by atoms with Crippen molar-refractivity contribution in [1.82, 2.24) is 5.32 Å². The van der Waals surface area contributed by atoms with Crippen LogP contribution in [0.5, 0.6) is 0 Å². The summed E-state index contributed by atoms with van der Waals surface area (Å²) in [5.41, 5.74) is 0. The number of ether oxygens (including phenoxy) is 1. The van der Waals surface area contributed by atoms with Gasteiger partial charge in [-0.25, -0.2) is 0 Å². The molecule has 3 atom stereocenters. The van der Waals surface area contributed by atoms with Crippen molar-refractivity contribution in [2.45, 2.75) is 200 Å². The van der Waals surface area contributed by atoms with E-state index in [4.69, 9.17) is 4.74 Å². The number of aliphatic hydroxyl groups excluding tert-OH is 2. The van der Waals surface area contributed by atoms with Crippen LogP contribution < -0.4 is 5.32 Å². The van der Waals surface area contributed by atoms with Gasteiger partial charge in [-0.3, -0.25) is 9.59 Å². The maximum absolute atomic E-state index is 13.1. The minimum Gasteiger partial charge on any atom is -0.462 e. The smallest absolute Gasteiger partial charge is 0.306 e. The van der Waals surface area contributed by atoms with Crippen LogP contribution in [0.3, 0.4) is 0 Å². The van der Waals surface area contributed by atoms with Crippen LogP contribution in [0.15, 0.2) is 85.1 Å². The fourth-order valence-corrected chi connectivity index (χ4v) is 6.04. The molecule has 6 nitrogen and oxygen atoms in total. The number of hydrogen-bond acceptors (Lipinski definition) is 5. The molecule has 0 aliphatic heterocycles. The van der Waals surface area contributed by atoms with E-state index in [1.807, 2.05) is 30.4 Å². The van der Waals surface area contributed by atoms with Crippen molar-refractivity contribution < 1.29 is 24.5 Å². The fraction of sp³-hybridized carbons (Fsp3) is 0.667. The average Bonchev–Trinajstić information content (AvgIpc) is 3.16. The number of aliphatic hydroxyl groups is 2. The minimum absolute atomic E-state index is 0.0305. The highest BCUT2D eigenvalue weighted by molar-refractivity contribution is 5.77. The molecule has 0 saturated carbocycles. The van der Waals surface area contributed by atoms with Gasteiger partial charge < -0.3 is 20.3 Å². The lowest BCUT2D eigenvalue weighted by molar-refractivity contribution is -0.151. The van der Waals surface area contributed by atoms with Crippen LogP contribution in [0.1, 0.15) is 181 Å². The lowest BCUT2D eigenvalue weighted by Crippen LogP contribution is -2.46. The zero-order valence-corrected chi connectivity index (χ0v) is 34.8. The van der Waals surface area contributed by atoms with Crippen molar-refractivity contribution >= 4 is 11.9 Å². The molecule has 0 aliphatic carbocycles. The van der Waals surface area contributed by atoms with E-state index in [9.17, 15) is 19.8 Å². The number of unbranched alkanes of at least 4 members (excludes halogenated alkanes) is 14. The molecule has 3 N–H and O–H groups in total. The van der Waals surface area contributed by atoms with Gasteiger partial charge in [-0.2, -0.15) is 0 Å². The number of carbonyl (C=O) groups is 2. The van der Waals surface area contributed by atoms with Gasteiger partial charge in [0.15, 0.2) is 0 Å². The van der Waals surface area contributed by atoms with Crippen molar-refractivity contribution in [3.8, 4) is 0 Å². The van der Waals surface area contributed by atoms with E-state index in [-0.39, 0.29) is 24.9 Å². The highest BCUT2D eigenvalue weighted by atomic mass is 16.5. The van der Waals surface area contributed by atoms with Gasteiger partial charge in [-0.05, 0) is 77.0 Å². The quantitative estimate of drug-likeness (QED) is 0.0254. The van der Waals surface area contributed by atoms with Crippen LogP contribution in [0.25, 0.3) is 0 Å². The van der Waals surface area contributed by atoms with Crippen molar-refractivity contribution in [3.63, 3.8) is 0 Å². The Kier molecular flexibility index (Phi) is 38.9. The molecule has 0 fully saturated rings. The third-order valence-electron chi connectivity index (χ3n) is 9.31. The summed E-state index contributed by atoms with van der Waals surface area (Å²) in [7, 11) is 0. The first-order valence-corrected chi connectivity index (χ1v) is 21.9. The molecule has 0 bridgehead atoms. The molecular formula is C48H81NO5. The molecule has 1 amide bonds. The third-order valence-corrected chi connectivity index (χ3v) is 9.31. The summed E-state index contributed by atoms with van der Waals surface area (Å²) >= 11 is 0. The molecule has 308 valence electrons. The summed E-state index contributed by atoms with van der Waals surface area (Å²) in [4.78, 5) is 25.9. The number of carbonyl (C=O) groups excluding carboxylic acids is 2. The van der Waals surface area contributed by atoms with E-state index in [1.54, 1.807) is 0 Å². The van der Waals surface area contributed by atoms with Gasteiger partial charge in [-0.15, -0.1) is 0 Å². The summed E-state index contributed by atoms with van der Waals surface area (Å²) in [6.07, 6.45) is 52.1. The molecule has 0 aliphatic rings. The lowest BCUT2D eigenvalue weighted by Gasteiger charge is -2.24. The first-order chi connectivity index (χ1) is 26.5. The first kappa shape index (κ1) is 51.0. The van der Waals surface area contributed by atoms with E-state index in [0.717, 1.165) is 89.9 Å². The zero-order chi connectivity index (χ0) is 39.6. The highest BCUT2D eigenvalue weighted by Crippen LogP contribution is 2.16. The second-order valence-corrected chi connectivity index (χ2v) is 14.4. The Morgan fingerprint density at radius 2 is 1.09 bits per heavy atom. The second-order valence-electron chi connectivity index (χ2n) is 14.4. The van der Waals surface area contributed by atoms with Crippen molar-refractivity contribution in [3.05, 3.63) is 85.1 Å². The molecule has 0 rings (SSSR count). The van der Waals surface area contributed by atoms with Crippen molar-refractivity contribution in [1.29, 1.82) is 0 Å². The zero-order valence-electron chi connectivity index (χ0n) is 34.8. The van der Waals surface area contributed by atoms with Crippen LogP contribution in [-0.4, -0.2) is 46.9 Å². The van der Waals surface area contributed by atoms with Gasteiger partial charge in [0.05, 0.1) is 25.2 Å². The number of rotatable bonds is 37. The van der Waals surface area contributed by atoms with Gasteiger partial charge in [0.25, 0.3) is 0 Å². The van der Waals surface area contributed by atoms with Gasteiger partial charge in [0.2, 0.25) is 5.91 Å². The van der Waals surface area contributed by atoms with E-state index in [2.05, 4.69) is 80.8 Å². The standard InChI is InChI=1S/C48H81NO5/c1-4-7-10-13-16-19-22-24-26-29-32-35-38-41-48(53)54-44(39-36-33-30-27-25-23-20-17-14-11-8-5-2)42-47(52)49-45(43-50)46(51)40-37-34-31-28-21-18-15-12-9-6-3/h7-8,10-11,13,16-17,19-20,22,24-27,44-46,50-51H,4-6,9,12,14-15,18,21,23,28-43H2,1-3H3,(H,49,52)/b10-7+,11-8+,16-13+,20-17+,22-19-,26-24-,27-25+. The van der Waals surface area contributed by atoms with Gasteiger partial charge in [0, 0.05) is 6.42 Å². The topological polar surface area (TPSA) is 95.9 Å². The van der Waals surface area contributed by atoms with Crippen LogP contribution in [-0.2, 0) is 14.3 Å². The Balaban J connectivity index is 4.76. The Hall–Kier alpha value is -2.96. The van der Waals surface area contributed by atoms with Crippen LogP contribution in [0.2, 0.25) is 0 Å². The monoisotopic (exact) mass is 752 g/mol. The van der Waals surface area contributed by atoms with Crippen LogP contribution >= 0.6 is 0 Å². The van der Waals surface area contributed by atoms with Crippen molar-refractivity contribution in [2.24, 2.45) is 0 Å². The van der Waals surface area contributed by atoms with Crippen LogP contribution in [0.4, 0.5) is 0 Å². The van der Waals surface area contributed by atoms with E-state index >= 15 is 0 Å². The summed E-state index contributed by atoms with van der Waals surface area (Å²) in [5, 5.41) is 23.6. The van der Waals surface area contributed by atoms with Crippen molar-refractivity contribution in [2.75, 3.05) is 6.61 Å². The average molecular weight is 752 g/mol. The molecule has 54 heavy (non-hydrogen) atoms. The fourth-order valence-electron chi connectivity index (χ4n) is 6.04. The largest absolute Gasteiger partial charge is 0.462 e. The molecule has 0 aromatic rings. The maximum Gasteiger partial charge on any atom is 0.306 e. The molecule has 3 unspecified atom stereocenters. The molecule has 0 heterocycles. The number of allylic oxidation sites excluding steroid dienone is 14. The molecule has 0 aromatic heterocycles. The maximum atomic E-state index is 13.1. The summed E-state index contributed by atoms with van der Waals surface area (Å²) in [6, 6.07) is -0.724. The number of amides is 1. The molecular weight excluding hydrogens is 671 g/mol. The van der Waals surface area contributed by atoms with Gasteiger partial charge in [0.1, 0.15) is 6.10 Å². The predicted molar refractivity (Wildman–Crippen MR) is 231 cm³/mol. The van der Waals surface area contributed by atoms with E-state index in [1.165, 1.54) is 44.9 Å². The lowest BCUT2D eigenvalue weighted by atomic mass is 10.0. The minimum atomic E-state index is -0.806. The Morgan fingerprint density at radius 1 is 0.574 bits per heavy atom. The Morgan fingerprint density at radius 3 is 1.74 bits per heavy atom. The number of esters is 1. The molecule has 0 radical (unpaired) electrons. The Bertz CT molecular complexity index is 1070. The second kappa shape index (κ2) is 41.2. The summed E-state index contributed by atoms with van der Waals surface area (Å²) in [6.45, 7) is 6.16. The van der Waals surface area contributed by atoms with E-state index < -0.39 is 18.2 Å². The highest BCUT2D eigenvalue weighted by Gasteiger charge is 2.24. The summed E-state index contributed by atoms with van der Waals surface area (Å²) in [5.74, 6) is -0.571. The third kappa shape index (κ3) is 36.0. The molecule has 0 aromatic carbocycles. The molecule has 0 saturated heterocycles. The Labute approximate surface area is 332 Å². The van der Waals surface area contributed by atoms with E-state index in [0.29, 0.717) is 19.3 Å². The van der Waals surface area contributed by atoms with Gasteiger partial charge >= 0.3 is 5.97 Å². The number of nitrogens with one attached hydrogen (secondary N) is 1. The summed E-state index contributed by atoms with van der Waals surface area (Å²) < 4.78 is 5.85. The number of hydrogen-bond donors (Lipinski definition) is 3.